The minimum atomic E-state index is -0.384. The Hall–Kier alpha value is -2.55. The van der Waals surface area contributed by atoms with E-state index in [4.69, 9.17) is 15.2 Å². The predicted octanol–water partition coefficient (Wildman–Crippen LogP) is 4.16. The predicted molar refractivity (Wildman–Crippen MR) is 115 cm³/mol. The monoisotopic (exact) mass is 450 g/mol. The molecule has 4 rings (SSSR count). The molecule has 3 atom stereocenters. The molecule has 6 nitrogen and oxygen atoms in total. The summed E-state index contributed by atoms with van der Waals surface area (Å²) in [6, 6.07) is 12.1. The van der Waals surface area contributed by atoms with Gasteiger partial charge in [0.2, 0.25) is 0 Å². The van der Waals surface area contributed by atoms with Gasteiger partial charge in [-0.3, -0.25) is 0 Å². The Morgan fingerprint density at radius 3 is 2.55 bits per heavy atom. The van der Waals surface area contributed by atoms with E-state index in [1.54, 1.807) is 30.0 Å². The van der Waals surface area contributed by atoms with Crippen molar-refractivity contribution in [1.82, 2.24) is 14.8 Å². The first-order valence-electron chi connectivity index (χ1n) is 9.92. The number of hydrogen-bond acceptors (Lipinski definition) is 5. The van der Waals surface area contributed by atoms with Crippen LogP contribution < -0.4 is 10.5 Å². The number of benzene rings is 2. The maximum atomic E-state index is 14.5. The molecule has 1 aliphatic rings. The van der Waals surface area contributed by atoms with E-state index in [0.717, 1.165) is 12.8 Å². The zero-order chi connectivity index (χ0) is 21.1. The van der Waals surface area contributed by atoms with Crippen LogP contribution in [-0.4, -0.2) is 34.0 Å². The summed E-state index contributed by atoms with van der Waals surface area (Å²) in [5, 5.41) is 4.51. The lowest BCUT2D eigenvalue weighted by Crippen LogP contribution is -2.41. The van der Waals surface area contributed by atoms with E-state index in [-0.39, 0.29) is 48.7 Å². The van der Waals surface area contributed by atoms with Crippen molar-refractivity contribution in [2.75, 3.05) is 7.11 Å². The number of para-hydroxylation sites is 1. The number of nitrogens with zero attached hydrogens (tertiary/aromatic N) is 3. The molecule has 0 radical (unpaired) electrons. The van der Waals surface area contributed by atoms with Gasteiger partial charge in [-0.2, -0.15) is 0 Å². The summed E-state index contributed by atoms with van der Waals surface area (Å²) in [6.45, 7) is 0.0834. The van der Waals surface area contributed by atoms with Gasteiger partial charge in [0.15, 0.2) is 5.82 Å². The van der Waals surface area contributed by atoms with Crippen molar-refractivity contribution < 1.29 is 18.3 Å². The van der Waals surface area contributed by atoms with Crippen LogP contribution in [0.2, 0.25) is 0 Å². The zero-order valence-corrected chi connectivity index (χ0v) is 17.9. The Bertz CT molecular complexity index is 999. The first-order chi connectivity index (χ1) is 14.5. The van der Waals surface area contributed by atoms with Crippen LogP contribution in [0.5, 0.6) is 5.75 Å². The molecular formula is C22H25ClF2N4O2. The van der Waals surface area contributed by atoms with Crippen LogP contribution >= 0.6 is 12.4 Å². The summed E-state index contributed by atoms with van der Waals surface area (Å²) in [6.07, 6.45) is 2.19. The van der Waals surface area contributed by atoms with Crippen molar-refractivity contribution in [2.45, 2.75) is 43.9 Å². The summed E-state index contributed by atoms with van der Waals surface area (Å²) in [5.41, 5.74) is 6.49. The molecule has 1 saturated carbocycles. The summed E-state index contributed by atoms with van der Waals surface area (Å²) >= 11 is 0. The van der Waals surface area contributed by atoms with Crippen LogP contribution in [-0.2, 0) is 11.3 Å². The van der Waals surface area contributed by atoms with Crippen LogP contribution in [0, 0.1) is 11.6 Å². The summed E-state index contributed by atoms with van der Waals surface area (Å²) < 4.78 is 40.4. The quantitative estimate of drug-likeness (QED) is 0.610. The van der Waals surface area contributed by atoms with E-state index < -0.39 is 0 Å². The molecule has 0 saturated heterocycles. The Morgan fingerprint density at radius 2 is 1.84 bits per heavy atom. The topological polar surface area (TPSA) is 75.2 Å². The Morgan fingerprint density at radius 1 is 1.10 bits per heavy atom. The molecule has 0 amide bonds. The van der Waals surface area contributed by atoms with Gasteiger partial charge in [-0.15, -0.1) is 17.5 Å². The second-order valence-electron chi connectivity index (χ2n) is 7.44. The number of hydrogen-bond donors (Lipinski definition) is 1. The third-order valence-electron chi connectivity index (χ3n) is 5.45. The second kappa shape index (κ2) is 10.2. The highest BCUT2D eigenvalue weighted by Gasteiger charge is 2.32. The zero-order valence-electron chi connectivity index (χ0n) is 17.1. The third-order valence-corrected chi connectivity index (χ3v) is 5.45. The van der Waals surface area contributed by atoms with Gasteiger partial charge in [0.25, 0.3) is 0 Å². The van der Waals surface area contributed by atoms with Crippen LogP contribution in [0.15, 0.2) is 48.5 Å². The largest absolute Gasteiger partial charge is 0.486 e. The van der Waals surface area contributed by atoms with Crippen molar-refractivity contribution in [1.29, 1.82) is 0 Å². The minimum Gasteiger partial charge on any atom is -0.486 e. The van der Waals surface area contributed by atoms with E-state index in [9.17, 15) is 8.78 Å². The van der Waals surface area contributed by atoms with E-state index in [2.05, 4.69) is 10.1 Å². The molecule has 0 unspecified atom stereocenters. The van der Waals surface area contributed by atoms with Crippen molar-refractivity contribution in [3.63, 3.8) is 0 Å². The fourth-order valence-corrected chi connectivity index (χ4v) is 3.83. The van der Waals surface area contributed by atoms with E-state index in [1.807, 2.05) is 0 Å². The summed E-state index contributed by atoms with van der Waals surface area (Å²) in [4.78, 5) is 4.67. The van der Waals surface area contributed by atoms with Crippen LogP contribution in [0.3, 0.4) is 0 Å². The fourth-order valence-electron chi connectivity index (χ4n) is 3.83. The molecule has 2 aromatic carbocycles. The highest BCUT2D eigenvalue weighted by molar-refractivity contribution is 5.85. The third kappa shape index (κ3) is 5.20. The minimum absolute atomic E-state index is 0. The van der Waals surface area contributed by atoms with Gasteiger partial charge in [-0.25, -0.2) is 18.4 Å². The molecule has 0 spiro atoms. The smallest absolute Gasteiger partial charge is 0.188 e. The average molecular weight is 451 g/mol. The van der Waals surface area contributed by atoms with Gasteiger partial charge >= 0.3 is 0 Å². The Kier molecular flexibility index (Phi) is 7.59. The summed E-state index contributed by atoms with van der Waals surface area (Å²) in [7, 11) is 1.65. The second-order valence-corrected chi connectivity index (χ2v) is 7.44. The van der Waals surface area contributed by atoms with Gasteiger partial charge in [0.1, 0.15) is 35.5 Å². The van der Waals surface area contributed by atoms with Crippen LogP contribution in [0.1, 0.15) is 36.8 Å². The SMILES string of the molecule is CO[C@H]1C[C@@H](c2nc(COc3ccc(F)cc3)nn2-c2ccccc2F)CC[C@@H]1N.Cl. The summed E-state index contributed by atoms with van der Waals surface area (Å²) in [5.74, 6) is 0.887. The van der Waals surface area contributed by atoms with E-state index in [0.29, 0.717) is 29.5 Å². The molecule has 0 bridgehead atoms. The molecule has 0 aliphatic heterocycles. The molecule has 166 valence electrons. The molecule has 9 heteroatoms. The molecule has 1 aromatic heterocycles. The van der Waals surface area contributed by atoms with Crippen molar-refractivity contribution in [2.24, 2.45) is 5.73 Å². The molecular weight excluding hydrogens is 426 g/mol. The van der Waals surface area contributed by atoms with Crippen molar-refractivity contribution >= 4 is 12.4 Å². The number of rotatable bonds is 6. The van der Waals surface area contributed by atoms with Crippen LogP contribution in [0.25, 0.3) is 5.69 Å². The normalized spacial score (nSPS) is 20.8. The standard InChI is InChI=1S/C22H24F2N4O2.ClH/c1-29-20-12-14(6-11-18(20)25)22-26-21(13-30-16-9-7-15(23)8-10-16)27-28(22)19-5-3-2-4-17(19)24;/h2-5,7-10,14,18,20H,6,11-13,25H2,1H3;1H/t14-,18-,20-;/m0./s1. The lowest BCUT2D eigenvalue weighted by molar-refractivity contribution is 0.0458. The molecule has 2 N–H and O–H groups in total. The fraction of sp³-hybridized carbons (Fsp3) is 0.364. The Labute approximate surface area is 185 Å². The maximum Gasteiger partial charge on any atom is 0.188 e. The molecule has 3 aromatic rings. The van der Waals surface area contributed by atoms with Gasteiger partial charge in [0.05, 0.1) is 6.10 Å². The molecule has 1 heterocycles. The van der Waals surface area contributed by atoms with E-state index in [1.165, 1.54) is 30.3 Å². The lowest BCUT2D eigenvalue weighted by atomic mass is 9.83. The number of aromatic nitrogens is 3. The Balaban J connectivity index is 0.00000272. The van der Waals surface area contributed by atoms with Gasteiger partial charge in [-0.1, -0.05) is 12.1 Å². The van der Waals surface area contributed by atoms with E-state index >= 15 is 0 Å². The van der Waals surface area contributed by atoms with Crippen molar-refractivity contribution in [3.8, 4) is 11.4 Å². The average Bonchev–Trinajstić information content (AvgIpc) is 3.18. The first-order valence-corrected chi connectivity index (χ1v) is 9.92. The number of ether oxygens (including phenoxy) is 2. The van der Waals surface area contributed by atoms with Crippen molar-refractivity contribution in [3.05, 3.63) is 71.8 Å². The highest BCUT2D eigenvalue weighted by atomic mass is 35.5. The molecule has 1 aliphatic carbocycles. The first kappa shape index (κ1) is 23.1. The lowest BCUT2D eigenvalue weighted by Gasteiger charge is -2.32. The number of methoxy groups -OCH3 is 1. The van der Waals surface area contributed by atoms with Gasteiger partial charge in [0, 0.05) is 19.1 Å². The number of nitrogens with two attached hydrogens (primary N) is 1. The molecule has 1 fully saturated rings. The molecule has 31 heavy (non-hydrogen) atoms. The number of halogens is 3. The van der Waals surface area contributed by atoms with Crippen LogP contribution in [0.4, 0.5) is 8.78 Å². The van der Waals surface area contributed by atoms with Gasteiger partial charge in [-0.05, 0) is 55.7 Å². The highest BCUT2D eigenvalue weighted by Crippen LogP contribution is 2.34. The van der Waals surface area contributed by atoms with Gasteiger partial charge < -0.3 is 15.2 Å². The maximum absolute atomic E-state index is 14.5.